The highest BCUT2D eigenvalue weighted by Gasteiger charge is 2.41. The van der Waals surface area contributed by atoms with Crippen LogP contribution in [-0.2, 0) is 9.84 Å². The van der Waals surface area contributed by atoms with E-state index in [0.29, 0.717) is 12.0 Å². The van der Waals surface area contributed by atoms with Gasteiger partial charge < -0.3 is 19.3 Å². The second-order valence-electron chi connectivity index (χ2n) is 21.4. The Morgan fingerprint density at radius 2 is 1.05 bits per heavy atom. The highest BCUT2D eigenvalue weighted by Crippen LogP contribution is 2.52. The molecule has 0 N–H and O–H groups in total. The number of anilines is 7. The van der Waals surface area contributed by atoms with Gasteiger partial charge in [-0.15, -0.1) is 0 Å². The average molecular weight is 1070 g/mol. The Hall–Kier alpha value is -9.50. The van der Waals surface area contributed by atoms with Crippen LogP contribution < -0.4 is 14.7 Å². The summed E-state index contributed by atoms with van der Waals surface area (Å²) in [5.74, 6) is 0.380. The molecule has 3 unspecified atom stereocenters. The number of benzene rings is 9. The van der Waals surface area contributed by atoms with E-state index in [1.54, 1.807) is 24.3 Å². The lowest BCUT2D eigenvalue weighted by Crippen LogP contribution is -2.30. The van der Waals surface area contributed by atoms with Crippen molar-refractivity contribution in [3.05, 3.63) is 291 Å². The molecule has 3 aliphatic rings. The van der Waals surface area contributed by atoms with Gasteiger partial charge in [-0.25, -0.2) is 8.42 Å². The van der Waals surface area contributed by atoms with E-state index in [1.807, 2.05) is 48.8 Å². The molecule has 1 radical (unpaired) electrons. The molecule has 3 atom stereocenters. The first-order valence-electron chi connectivity index (χ1n) is 27.9. The van der Waals surface area contributed by atoms with Crippen LogP contribution in [0.3, 0.4) is 0 Å². The number of para-hydroxylation sites is 3. The lowest BCUT2D eigenvalue weighted by Gasteiger charge is -2.33. The van der Waals surface area contributed by atoms with Gasteiger partial charge in [-0.05, 0) is 181 Å². The minimum absolute atomic E-state index is 0.108. The Kier molecular flexibility index (Phi) is 12.9. The molecule has 81 heavy (non-hydrogen) atoms. The van der Waals surface area contributed by atoms with Gasteiger partial charge >= 0.3 is 0 Å². The number of nitrogens with zero attached hydrogens (tertiary/aromatic N) is 5. The van der Waals surface area contributed by atoms with Gasteiger partial charge in [0.15, 0.2) is 0 Å². The van der Waals surface area contributed by atoms with Crippen LogP contribution in [-0.4, -0.2) is 30.1 Å². The Bertz CT molecular complexity index is 4250. The number of pyridine rings is 1. The van der Waals surface area contributed by atoms with Crippen LogP contribution in [0.4, 0.5) is 39.8 Å². The summed E-state index contributed by atoms with van der Waals surface area (Å²) >= 11 is 0. The lowest BCUT2D eigenvalue weighted by molar-refractivity contribution is 0.529. The van der Waals surface area contributed by atoms with Crippen molar-refractivity contribution in [1.29, 1.82) is 0 Å². The van der Waals surface area contributed by atoms with Gasteiger partial charge in [0.1, 0.15) is 0 Å². The minimum atomic E-state index is -3.79. The summed E-state index contributed by atoms with van der Waals surface area (Å²) in [5.41, 5.74) is 17.8. The molecule has 11 aromatic rings. The molecule has 1 fully saturated rings. The Morgan fingerprint density at radius 1 is 0.494 bits per heavy atom. The average Bonchev–Trinajstić information content (AvgIpc) is 4.16. The first-order valence-corrected chi connectivity index (χ1v) is 29.4. The first-order chi connectivity index (χ1) is 39.8. The van der Waals surface area contributed by atoms with E-state index in [2.05, 4.69) is 231 Å². The summed E-state index contributed by atoms with van der Waals surface area (Å²) in [6.45, 7) is 4.45. The van der Waals surface area contributed by atoms with Gasteiger partial charge in [-0.1, -0.05) is 140 Å². The molecule has 2 aromatic heterocycles. The zero-order valence-electron chi connectivity index (χ0n) is 44.7. The molecule has 14 rings (SSSR count). The van der Waals surface area contributed by atoms with Crippen molar-refractivity contribution in [1.82, 2.24) is 9.55 Å². The molecule has 8 heteroatoms. The summed E-state index contributed by atoms with van der Waals surface area (Å²) < 4.78 is 30.6. The van der Waals surface area contributed by atoms with Crippen LogP contribution in [0.2, 0.25) is 0 Å². The Labute approximate surface area is 474 Å². The summed E-state index contributed by atoms with van der Waals surface area (Å²) in [7, 11) is -3.79. The number of sulfone groups is 1. The highest BCUT2D eigenvalue weighted by molar-refractivity contribution is 7.91. The standard InChI is InChI=1S/C73H58N5O2S/c1-51-22-42-66-67-48-62(75(56-14-6-2-7-15-56)57-16-8-3-9-17-57)36-44-71(67)77(70(66)43-23-51)60-32-24-52(25-33-60)54-28-38-64(39-29-54)81(79,80)65-40-30-55(31-41-65)53-26-34-61(35-27-53)78-72-45-37-63(49-68(72)69-50-74-47-46-73(69)78)76(58-18-10-4-11-19-58)59-20-12-5-13-21-59/h2-21,24-41,44-50,56,66,70H,1,22-23,42-43H2. The van der Waals surface area contributed by atoms with Crippen molar-refractivity contribution in [3.8, 4) is 27.9 Å². The predicted octanol–water partition coefficient (Wildman–Crippen LogP) is 18.4. The molecule has 7 nitrogen and oxygen atoms in total. The van der Waals surface area contributed by atoms with Crippen molar-refractivity contribution in [2.45, 2.75) is 53.5 Å². The molecule has 0 saturated heterocycles. The molecule has 393 valence electrons. The van der Waals surface area contributed by atoms with E-state index in [-0.39, 0.29) is 15.8 Å². The Balaban J connectivity index is 0.693. The van der Waals surface area contributed by atoms with Crippen LogP contribution in [0.1, 0.15) is 37.2 Å². The van der Waals surface area contributed by atoms with Gasteiger partial charge in [0, 0.05) is 87.0 Å². The van der Waals surface area contributed by atoms with Gasteiger partial charge in [-0.3, -0.25) is 4.98 Å². The van der Waals surface area contributed by atoms with Gasteiger partial charge in [-0.2, -0.15) is 0 Å². The van der Waals surface area contributed by atoms with Crippen LogP contribution >= 0.6 is 0 Å². The van der Waals surface area contributed by atoms with E-state index >= 15 is 0 Å². The fraction of sp³-hybridized carbons (Fsp3) is 0.0959. The highest BCUT2D eigenvalue weighted by atomic mass is 32.2. The molecule has 2 aliphatic carbocycles. The quantitative estimate of drug-likeness (QED) is 0.114. The van der Waals surface area contributed by atoms with Crippen molar-refractivity contribution in [3.63, 3.8) is 0 Å². The maximum Gasteiger partial charge on any atom is 0.206 e. The summed E-state index contributed by atoms with van der Waals surface area (Å²) in [6.07, 6.45) is 18.8. The van der Waals surface area contributed by atoms with Crippen LogP contribution in [0.25, 0.3) is 49.7 Å². The molecule has 9 aromatic carbocycles. The normalized spacial score (nSPS) is 16.8. The van der Waals surface area contributed by atoms with E-state index in [4.69, 9.17) is 0 Å². The lowest BCUT2D eigenvalue weighted by atomic mass is 9.90. The van der Waals surface area contributed by atoms with E-state index in [1.165, 1.54) is 22.5 Å². The molecular weight excluding hydrogens is 1010 g/mol. The van der Waals surface area contributed by atoms with Crippen LogP contribution in [0, 0.1) is 6.42 Å². The van der Waals surface area contributed by atoms with Crippen molar-refractivity contribution in [2.75, 3.05) is 14.7 Å². The number of aromatic nitrogens is 2. The van der Waals surface area contributed by atoms with E-state index in [0.717, 1.165) is 104 Å². The number of hydrogen-bond acceptors (Lipinski definition) is 6. The van der Waals surface area contributed by atoms with Crippen molar-refractivity contribution >= 4 is 71.5 Å². The fourth-order valence-electron chi connectivity index (χ4n) is 12.6. The molecule has 1 saturated carbocycles. The molecule has 0 bridgehead atoms. The van der Waals surface area contributed by atoms with Gasteiger partial charge in [0.05, 0.1) is 26.9 Å². The summed E-state index contributed by atoms with van der Waals surface area (Å²) in [6, 6.07) is 79.5. The SMILES string of the molecule is C=C1CCC2c3cc(N(c4ccccc4)C4[CH]C=CC=C4)ccc3N(c3ccc(-c4ccc(S(=O)(=O)c5ccc(-c6ccc(-n7c8ccncc8c8cc(N(c9ccccc9)c9ccccc9)ccc87)cc6)cc5)cc4)cc3)C2CC1. The number of hydrogen-bond donors (Lipinski definition) is 0. The predicted molar refractivity (Wildman–Crippen MR) is 334 cm³/mol. The first kappa shape index (κ1) is 49.8. The van der Waals surface area contributed by atoms with Crippen molar-refractivity contribution in [2.24, 2.45) is 0 Å². The molecule has 0 amide bonds. The fourth-order valence-corrected chi connectivity index (χ4v) is 13.9. The van der Waals surface area contributed by atoms with Gasteiger partial charge in [0.2, 0.25) is 9.84 Å². The molecule has 0 spiro atoms. The molecular formula is C73H58N5O2S. The third-order valence-corrected chi connectivity index (χ3v) is 18.4. The third kappa shape index (κ3) is 9.21. The largest absolute Gasteiger partial charge is 0.338 e. The third-order valence-electron chi connectivity index (χ3n) is 16.6. The zero-order valence-corrected chi connectivity index (χ0v) is 45.5. The minimum Gasteiger partial charge on any atom is -0.338 e. The zero-order chi connectivity index (χ0) is 54.4. The number of allylic oxidation sites excluding steroid dienone is 3. The van der Waals surface area contributed by atoms with Crippen LogP contribution in [0.5, 0.6) is 0 Å². The summed E-state index contributed by atoms with van der Waals surface area (Å²) in [4.78, 5) is 12.3. The van der Waals surface area contributed by atoms with Gasteiger partial charge in [0.25, 0.3) is 0 Å². The maximum absolute atomic E-state index is 14.2. The molecule has 3 heterocycles. The number of rotatable bonds is 12. The monoisotopic (exact) mass is 1070 g/mol. The van der Waals surface area contributed by atoms with Crippen LogP contribution in [0.15, 0.2) is 289 Å². The van der Waals surface area contributed by atoms with E-state index < -0.39 is 9.84 Å². The maximum atomic E-state index is 14.2. The van der Waals surface area contributed by atoms with E-state index in [9.17, 15) is 8.42 Å². The molecule has 1 aliphatic heterocycles. The Morgan fingerprint density at radius 3 is 1.65 bits per heavy atom. The summed E-state index contributed by atoms with van der Waals surface area (Å²) in [5, 5.41) is 2.17. The topological polar surface area (TPSA) is 61.7 Å². The second kappa shape index (κ2) is 20.9. The second-order valence-corrected chi connectivity index (χ2v) is 23.3. The number of fused-ring (bicyclic) bond motifs is 6. The van der Waals surface area contributed by atoms with Crippen molar-refractivity contribution < 1.29 is 8.42 Å². The smallest absolute Gasteiger partial charge is 0.206 e.